The van der Waals surface area contributed by atoms with Crippen LogP contribution < -0.4 is 0 Å². The predicted molar refractivity (Wildman–Crippen MR) is 86.9 cm³/mol. The molecule has 0 spiro atoms. The van der Waals surface area contributed by atoms with Gasteiger partial charge in [-0.3, -0.25) is 5.10 Å². The summed E-state index contributed by atoms with van der Waals surface area (Å²) < 4.78 is 2.95. The highest BCUT2D eigenvalue weighted by atomic mass is 79.9. The second-order valence-corrected chi connectivity index (χ2v) is 5.70. The summed E-state index contributed by atoms with van der Waals surface area (Å²) in [6, 6.07) is 9.70. The van der Waals surface area contributed by atoms with Gasteiger partial charge in [0.1, 0.15) is 5.69 Å². The fraction of sp³-hybridized carbons (Fsp3) is 0.0769. The highest BCUT2D eigenvalue weighted by Gasteiger charge is 2.10. The van der Waals surface area contributed by atoms with Crippen molar-refractivity contribution < 1.29 is 0 Å². The van der Waals surface area contributed by atoms with Crippen molar-refractivity contribution in [2.24, 2.45) is 5.10 Å². The third kappa shape index (κ3) is 3.01. The molecule has 0 fully saturated rings. The lowest BCUT2D eigenvalue weighted by Gasteiger charge is -1.97. The molecule has 0 amide bonds. The maximum Gasteiger partial charge on any atom is 0.216 e. The highest BCUT2D eigenvalue weighted by Crippen LogP contribution is 2.15. The molecule has 0 atom stereocenters. The average Bonchev–Trinajstić information content (AvgIpc) is 3.03. The number of aromatic amines is 2. The second kappa shape index (κ2) is 5.74. The minimum absolute atomic E-state index is 0.414. The number of H-pyrrole nitrogens is 2. The van der Waals surface area contributed by atoms with Crippen molar-refractivity contribution in [1.29, 1.82) is 0 Å². The summed E-state index contributed by atoms with van der Waals surface area (Å²) >= 11 is 8.63. The lowest BCUT2D eigenvalue weighted by atomic mass is 10.2. The molecule has 0 aliphatic carbocycles. The Bertz CT molecular complexity index is 859. The summed E-state index contributed by atoms with van der Waals surface area (Å²) in [6.45, 7) is 1.92. The molecule has 2 heterocycles. The van der Waals surface area contributed by atoms with Gasteiger partial charge in [-0.25, -0.2) is 5.10 Å². The normalized spacial score (nSPS) is 11.3. The van der Waals surface area contributed by atoms with Crippen LogP contribution >= 0.6 is 28.1 Å². The van der Waals surface area contributed by atoms with Crippen molar-refractivity contribution in [3.63, 3.8) is 0 Å². The van der Waals surface area contributed by atoms with E-state index in [-0.39, 0.29) is 0 Å². The molecule has 0 saturated heterocycles. The fourth-order valence-electron chi connectivity index (χ4n) is 1.81. The van der Waals surface area contributed by atoms with Crippen LogP contribution in [-0.4, -0.2) is 31.3 Å². The minimum atomic E-state index is 0.414. The van der Waals surface area contributed by atoms with Crippen LogP contribution in [0, 0.1) is 11.7 Å². The van der Waals surface area contributed by atoms with Gasteiger partial charge in [0, 0.05) is 10.2 Å². The summed E-state index contributed by atoms with van der Waals surface area (Å²) in [7, 11) is 0. The van der Waals surface area contributed by atoms with Crippen LogP contribution in [-0.2, 0) is 0 Å². The van der Waals surface area contributed by atoms with Crippen molar-refractivity contribution in [3.05, 3.63) is 50.8 Å². The zero-order chi connectivity index (χ0) is 14.8. The van der Waals surface area contributed by atoms with Crippen LogP contribution in [0.4, 0.5) is 0 Å². The van der Waals surface area contributed by atoms with E-state index in [0.29, 0.717) is 16.3 Å². The van der Waals surface area contributed by atoms with Gasteiger partial charge in [-0.15, -0.1) is 0 Å². The first kappa shape index (κ1) is 13.9. The maximum absolute atomic E-state index is 5.20. The Morgan fingerprint density at radius 3 is 2.86 bits per heavy atom. The molecule has 3 aromatic rings. The van der Waals surface area contributed by atoms with Gasteiger partial charge in [-0.2, -0.15) is 20.0 Å². The number of halogens is 1. The summed E-state index contributed by atoms with van der Waals surface area (Å²) in [5, 5.41) is 18.3. The first-order chi connectivity index (χ1) is 10.1. The Kier molecular flexibility index (Phi) is 3.80. The summed E-state index contributed by atoms with van der Waals surface area (Å²) in [4.78, 5) is 0. The van der Waals surface area contributed by atoms with Crippen LogP contribution in [0.2, 0.25) is 0 Å². The van der Waals surface area contributed by atoms with Gasteiger partial charge in [-0.1, -0.05) is 28.1 Å². The maximum atomic E-state index is 5.20. The largest absolute Gasteiger partial charge is 0.282 e. The van der Waals surface area contributed by atoms with Gasteiger partial charge < -0.3 is 0 Å². The van der Waals surface area contributed by atoms with Crippen molar-refractivity contribution in [3.8, 4) is 11.5 Å². The van der Waals surface area contributed by atoms with Gasteiger partial charge in [0.2, 0.25) is 10.6 Å². The topological polar surface area (TPSA) is 74.7 Å². The molecular weight excluding hydrogens is 352 g/mol. The van der Waals surface area contributed by atoms with E-state index >= 15 is 0 Å². The molecule has 0 saturated carbocycles. The molecule has 0 radical (unpaired) electrons. The van der Waals surface area contributed by atoms with Crippen molar-refractivity contribution >= 4 is 34.4 Å². The molecule has 2 N–H and O–H groups in total. The Hall–Kier alpha value is -2.06. The van der Waals surface area contributed by atoms with E-state index in [1.54, 1.807) is 10.9 Å². The summed E-state index contributed by atoms with van der Waals surface area (Å²) in [6.07, 6.45) is 1.72. The molecule has 1 aromatic carbocycles. The molecule has 8 heteroatoms. The van der Waals surface area contributed by atoms with Gasteiger partial charge in [0.15, 0.2) is 0 Å². The average molecular weight is 363 g/mol. The van der Waals surface area contributed by atoms with Gasteiger partial charge in [-0.05, 0) is 42.9 Å². The molecule has 3 rings (SSSR count). The molecule has 2 aromatic heterocycles. The Labute approximate surface area is 134 Å². The zero-order valence-electron chi connectivity index (χ0n) is 11.0. The van der Waals surface area contributed by atoms with Crippen molar-refractivity contribution in [2.45, 2.75) is 6.92 Å². The molecule has 21 heavy (non-hydrogen) atoms. The monoisotopic (exact) mass is 362 g/mol. The van der Waals surface area contributed by atoms with E-state index in [0.717, 1.165) is 15.7 Å². The molecular formula is C13H11BrN6S. The Morgan fingerprint density at radius 1 is 1.29 bits per heavy atom. The van der Waals surface area contributed by atoms with Crippen molar-refractivity contribution in [1.82, 2.24) is 25.1 Å². The molecule has 0 aliphatic heterocycles. The molecule has 0 aliphatic rings. The van der Waals surface area contributed by atoms with E-state index in [9.17, 15) is 0 Å². The molecule has 6 nitrogen and oxygen atoms in total. The number of hydrogen-bond acceptors (Lipinski definition) is 4. The first-order valence-corrected chi connectivity index (χ1v) is 7.33. The summed E-state index contributed by atoms with van der Waals surface area (Å²) in [5.41, 5.74) is 2.59. The Morgan fingerprint density at radius 2 is 2.14 bits per heavy atom. The van der Waals surface area contributed by atoms with E-state index in [2.05, 4.69) is 41.4 Å². The third-order valence-electron chi connectivity index (χ3n) is 2.76. The standard InChI is InChI=1S/C13H11BrN6S/c1-8-5-11(17-16-8)12-18-19-13(21)20(12)15-7-9-3-2-4-10(14)6-9/h2-7H,1H3,(H,16,17)(H,19,21)/b15-7+. The van der Waals surface area contributed by atoms with Gasteiger partial charge >= 0.3 is 0 Å². The quantitative estimate of drug-likeness (QED) is 0.554. The van der Waals surface area contributed by atoms with Gasteiger partial charge in [0.05, 0.1) is 6.21 Å². The van der Waals surface area contributed by atoms with E-state index < -0.39 is 0 Å². The second-order valence-electron chi connectivity index (χ2n) is 4.40. The first-order valence-electron chi connectivity index (χ1n) is 6.13. The van der Waals surface area contributed by atoms with Crippen LogP contribution in [0.3, 0.4) is 0 Å². The van der Waals surface area contributed by atoms with E-state index in [1.807, 2.05) is 37.3 Å². The van der Waals surface area contributed by atoms with Crippen molar-refractivity contribution in [2.75, 3.05) is 0 Å². The smallest absolute Gasteiger partial charge is 0.216 e. The SMILES string of the molecule is Cc1cc(-c2n[nH]c(=S)n2/N=C/c2cccc(Br)c2)n[nH]1. The Balaban J connectivity index is 1.99. The van der Waals surface area contributed by atoms with E-state index in [1.165, 1.54) is 0 Å². The number of benzene rings is 1. The zero-order valence-corrected chi connectivity index (χ0v) is 13.4. The number of hydrogen-bond donors (Lipinski definition) is 2. The molecule has 0 bridgehead atoms. The number of nitrogens with zero attached hydrogens (tertiary/aromatic N) is 4. The highest BCUT2D eigenvalue weighted by molar-refractivity contribution is 9.10. The van der Waals surface area contributed by atoms with Crippen LogP contribution in [0.25, 0.3) is 11.5 Å². The lowest BCUT2D eigenvalue weighted by Crippen LogP contribution is -1.95. The number of aryl methyl sites for hydroxylation is 1. The molecule has 0 unspecified atom stereocenters. The number of aromatic nitrogens is 5. The van der Waals surface area contributed by atoms with Gasteiger partial charge in [0.25, 0.3) is 0 Å². The number of nitrogens with one attached hydrogen (secondary N) is 2. The van der Waals surface area contributed by atoms with Crippen LogP contribution in [0.15, 0.2) is 39.9 Å². The third-order valence-corrected chi connectivity index (χ3v) is 3.51. The summed E-state index contributed by atoms with van der Waals surface area (Å²) in [5.74, 6) is 0.565. The van der Waals surface area contributed by atoms with Crippen LogP contribution in [0.1, 0.15) is 11.3 Å². The number of rotatable bonds is 3. The predicted octanol–water partition coefficient (Wildman–Crippen LogP) is 3.28. The molecule has 106 valence electrons. The minimum Gasteiger partial charge on any atom is -0.282 e. The van der Waals surface area contributed by atoms with Crippen LogP contribution in [0.5, 0.6) is 0 Å². The van der Waals surface area contributed by atoms with E-state index in [4.69, 9.17) is 12.2 Å². The fourth-order valence-corrected chi connectivity index (χ4v) is 2.40. The lowest BCUT2D eigenvalue weighted by molar-refractivity contribution is 0.865.